The Bertz CT molecular complexity index is 967. The molecule has 2 aromatic rings. The molecule has 1 aliphatic heterocycles. The predicted octanol–water partition coefficient (Wildman–Crippen LogP) is 4.42. The standard InChI is InChI=1S/C23H23ClN2O4/c24-19-8-4-3-7-18(19)22-25-26(20(27)14-30-22)13-15-9-11-17(12-10-15)21(23(28)29)16-5-1-2-6-16/h3-4,7-12,16,21H,1-2,5-6,13-14H2,(H,28,29). The molecule has 1 fully saturated rings. The molecule has 4 rings (SSSR count). The highest BCUT2D eigenvalue weighted by molar-refractivity contribution is 6.33. The fourth-order valence-corrected chi connectivity index (χ4v) is 4.42. The van der Waals surface area contributed by atoms with Crippen molar-refractivity contribution >= 4 is 29.4 Å². The van der Waals surface area contributed by atoms with Gasteiger partial charge >= 0.3 is 5.97 Å². The van der Waals surface area contributed by atoms with Gasteiger partial charge in [-0.05, 0) is 42.0 Å². The zero-order chi connectivity index (χ0) is 21.1. The summed E-state index contributed by atoms with van der Waals surface area (Å²) in [6.07, 6.45) is 4.11. The topological polar surface area (TPSA) is 79.2 Å². The molecule has 1 saturated carbocycles. The Labute approximate surface area is 180 Å². The lowest BCUT2D eigenvalue weighted by molar-refractivity contribution is -0.140. The number of carboxylic acid groups (broad SMARTS) is 1. The van der Waals surface area contributed by atoms with Crippen LogP contribution in [0.1, 0.15) is 48.3 Å². The Morgan fingerprint density at radius 2 is 1.87 bits per heavy atom. The Morgan fingerprint density at radius 3 is 2.53 bits per heavy atom. The van der Waals surface area contributed by atoms with Crippen molar-refractivity contribution in [3.05, 3.63) is 70.2 Å². The largest absolute Gasteiger partial charge is 0.481 e. The Morgan fingerprint density at radius 1 is 1.17 bits per heavy atom. The second-order valence-corrected chi connectivity index (χ2v) is 8.13. The molecule has 1 N–H and O–H groups in total. The molecule has 0 radical (unpaired) electrons. The van der Waals surface area contributed by atoms with Gasteiger partial charge in [0.2, 0.25) is 5.90 Å². The fraction of sp³-hybridized carbons (Fsp3) is 0.348. The summed E-state index contributed by atoms with van der Waals surface area (Å²) >= 11 is 6.22. The number of nitrogens with zero attached hydrogens (tertiary/aromatic N) is 2. The van der Waals surface area contributed by atoms with E-state index in [0.717, 1.165) is 36.8 Å². The van der Waals surface area contributed by atoms with Crippen LogP contribution in [0, 0.1) is 5.92 Å². The normalized spacial score (nSPS) is 18.1. The molecule has 1 aliphatic carbocycles. The monoisotopic (exact) mass is 426 g/mol. The molecule has 0 saturated heterocycles. The van der Waals surface area contributed by atoms with Gasteiger partial charge in [0, 0.05) is 0 Å². The van der Waals surface area contributed by atoms with Crippen LogP contribution < -0.4 is 0 Å². The zero-order valence-electron chi connectivity index (χ0n) is 16.5. The predicted molar refractivity (Wildman–Crippen MR) is 113 cm³/mol. The summed E-state index contributed by atoms with van der Waals surface area (Å²) in [5, 5.41) is 15.9. The number of rotatable bonds is 6. The summed E-state index contributed by atoms with van der Waals surface area (Å²) in [5.41, 5.74) is 2.31. The third kappa shape index (κ3) is 4.33. The minimum Gasteiger partial charge on any atom is -0.481 e. The van der Waals surface area contributed by atoms with Crippen molar-refractivity contribution < 1.29 is 19.4 Å². The van der Waals surface area contributed by atoms with Crippen LogP contribution in [0.15, 0.2) is 53.6 Å². The number of ether oxygens (including phenoxy) is 1. The van der Waals surface area contributed by atoms with Crippen LogP contribution in [-0.4, -0.2) is 34.5 Å². The highest BCUT2D eigenvalue weighted by Crippen LogP contribution is 2.37. The molecule has 1 heterocycles. The zero-order valence-corrected chi connectivity index (χ0v) is 17.2. The Hall–Kier alpha value is -2.86. The first-order valence-electron chi connectivity index (χ1n) is 10.1. The van der Waals surface area contributed by atoms with Crippen LogP contribution in [0.4, 0.5) is 0 Å². The summed E-state index contributed by atoms with van der Waals surface area (Å²) in [6.45, 7) is 0.169. The third-order valence-corrected chi connectivity index (χ3v) is 6.07. The van der Waals surface area contributed by atoms with Gasteiger partial charge in [-0.3, -0.25) is 9.59 Å². The maximum absolute atomic E-state index is 12.3. The number of carbonyl (C=O) groups is 2. The van der Waals surface area contributed by atoms with E-state index in [1.807, 2.05) is 36.4 Å². The molecule has 2 aromatic carbocycles. The molecule has 1 atom stereocenters. The molecule has 6 nitrogen and oxygen atoms in total. The lowest BCUT2D eigenvalue weighted by atomic mass is 9.84. The van der Waals surface area contributed by atoms with Crippen LogP contribution in [0.2, 0.25) is 5.02 Å². The van der Waals surface area contributed by atoms with Gasteiger partial charge in [0.1, 0.15) is 0 Å². The lowest BCUT2D eigenvalue weighted by Gasteiger charge is -2.24. The first-order chi connectivity index (χ1) is 14.5. The Balaban J connectivity index is 1.52. The van der Waals surface area contributed by atoms with Gasteiger partial charge < -0.3 is 9.84 Å². The maximum atomic E-state index is 12.3. The van der Waals surface area contributed by atoms with Crippen molar-refractivity contribution in [2.24, 2.45) is 11.0 Å². The van der Waals surface area contributed by atoms with Crippen molar-refractivity contribution in [2.45, 2.75) is 38.1 Å². The number of carbonyl (C=O) groups excluding carboxylic acids is 1. The lowest BCUT2D eigenvalue weighted by Crippen LogP contribution is -2.36. The number of hydrazone groups is 1. The van der Waals surface area contributed by atoms with Crippen LogP contribution >= 0.6 is 11.6 Å². The van der Waals surface area contributed by atoms with Gasteiger partial charge in [-0.1, -0.05) is 60.8 Å². The molecular formula is C23H23ClN2O4. The molecule has 0 aromatic heterocycles. The van der Waals surface area contributed by atoms with Crippen molar-refractivity contribution in [1.82, 2.24) is 5.01 Å². The van der Waals surface area contributed by atoms with Gasteiger partial charge in [0.25, 0.3) is 5.91 Å². The van der Waals surface area contributed by atoms with E-state index in [1.165, 1.54) is 5.01 Å². The molecule has 30 heavy (non-hydrogen) atoms. The molecule has 156 valence electrons. The van der Waals surface area contributed by atoms with Crippen molar-refractivity contribution in [1.29, 1.82) is 0 Å². The molecule has 2 aliphatic rings. The van der Waals surface area contributed by atoms with Crippen molar-refractivity contribution in [3.8, 4) is 0 Å². The first-order valence-corrected chi connectivity index (χ1v) is 10.5. The van der Waals surface area contributed by atoms with E-state index in [1.54, 1.807) is 12.1 Å². The van der Waals surface area contributed by atoms with Crippen LogP contribution in [-0.2, 0) is 20.9 Å². The third-order valence-electron chi connectivity index (χ3n) is 5.74. The van der Waals surface area contributed by atoms with Crippen LogP contribution in [0.3, 0.4) is 0 Å². The van der Waals surface area contributed by atoms with Gasteiger partial charge in [-0.2, -0.15) is 0 Å². The van der Waals surface area contributed by atoms with Crippen molar-refractivity contribution in [3.63, 3.8) is 0 Å². The molecule has 0 bridgehead atoms. The number of benzene rings is 2. The van der Waals surface area contributed by atoms with Crippen LogP contribution in [0.5, 0.6) is 0 Å². The van der Waals surface area contributed by atoms with Gasteiger partial charge in [-0.15, -0.1) is 5.10 Å². The number of aliphatic carboxylic acids is 1. The van der Waals surface area contributed by atoms with Gasteiger partial charge in [0.05, 0.1) is 23.0 Å². The van der Waals surface area contributed by atoms with E-state index >= 15 is 0 Å². The number of carboxylic acids is 1. The Kier molecular flexibility index (Phi) is 6.04. The summed E-state index contributed by atoms with van der Waals surface area (Å²) in [7, 11) is 0. The smallest absolute Gasteiger partial charge is 0.311 e. The second-order valence-electron chi connectivity index (χ2n) is 7.73. The van der Waals surface area contributed by atoms with E-state index < -0.39 is 11.9 Å². The highest BCUT2D eigenvalue weighted by atomic mass is 35.5. The number of amides is 1. The summed E-state index contributed by atoms with van der Waals surface area (Å²) in [4.78, 5) is 24.1. The molecule has 0 spiro atoms. The van der Waals surface area contributed by atoms with Crippen molar-refractivity contribution in [2.75, 3.05) is 6.61 Å². The number of hydrogen-bond acceptors (Lipinski definition) is 4. The van der Waals surface area contributed by atoms with Gasteiger partial charge in [0.15, 0.2) is 6.61 Å². The van der Waals surface area contributed by atoms with E-state index in [9.17, 15) is 14.7 Å². The van der Waals surface area contributed by atoms with E-state index in [2.05, 4.69) is 5.10 Å². The summed E-state index contributed by atoms with van der Waals surface area (Å²) in [6, 6.07) is 14.6. The van der Waals surface area contributed by atoms with E-state index in [4.69, 9.17) is 16.3 Å². The SMILES string of the molecule is O=C(O)C(c1ccc(CN2N=C(c3ccccc3Cl)OCC2=O)cc1)C1CCCC1. The fourth-order valence-electron chi connectivity index (χ4n) is 4.20. The number of hydrogen-bond donors (Lipinski definition) is 1. The van der Waals surface area contributed by atoms with Gasteiger partial charge in [-0.25, -0.2) is 5.01 Å². The summed E-state index contributed by atoms with van der Waals surface area (Å²) in [5.74, 6) is -0.992. The quantitative estimate of drug-likeness (QED) is 0.741. The maximum Gasteiger partial charge on any atom is 0.311 e. The minimum absolute atomic E-state index is 0.106. The molecule has 7 heteroatoms. The minimum atomic E-state index is -0.771. The highest BCUT2D eigenvalue weighted by Gasteiger charge is 2.32. The first kappa shape index (κ1) is 20.4. The number of halogens is 1. The molecule has 1 unspecified atom stereocenters. The summed E-state index contributed by atoms with van der Waals surface area (Å²) < 4.78 is 5.47. The van der Waals surface area contributed by atoms with E-state index in [0.29, 0.717) is 16.5 Å². The van der Waals surface area contributed by atoms with E-state index in [-0.39, 0.29) is 25.0 Å². The average Bonchev–Trinajstić information content (AvgIpc) is 3.25. The van der Waals surface area contributed by atoms with Crippen LogP contribution in [0.25, 0.3) is 0 Å². The molecular weight excluding hydrogens is 404 g/mol. The molecule has 1 amide bonds. The second kappa shape index (κ2) is 8.88. The average molecular weight is 427 g/mol.